The van der Waals surface area contributed by atoms with E-state index in [9.17, 15) is 13.6 Å². The Hall–Kier alpha value is -1.53. The summed E-state index contributed by atoms with van der Waals surface area (Å²) in [6.45, 7) is 1.80. The molecule has 1 aromatic carbocycles. The van der Waals surface area contributed by atoms with Crippen LogP contribution in [0.1, 0.15) is 18.4 Å². The topological polar surface area (TPSA) is 50.4 Å². The van der Waals surface area contributed by atoms with Crippen LogP contribution in [0.3, 0.4) is 0 Å². The summed E-state index contributed by atoms with van der Waals surface area (Å²) >= 11 is 0. The Labute approximate surface area is 122 Å². The minimum absolute atomic E-state index is 0.0627. The third-order valence-corrected chi connectivity index (χ3v) is 3.76. The maximum atomic E-state index is 13.5. The van der Waals surface area contributed by atoms with Crippen molar-refractivity contribution < 1.29 is 18.3 Å². The minimum atomic E-state index is -0.960. The van der Waals surface area contributed by atoms with Crippen molar-refractivity contribution in [3.05, 3.63) is 35.4 Å². The molecule has 1 atom stereocenters. The molecule has 2 N–H and O–H groups in total. The Bertz CT molecular complexity index is 502. The van der Waals surface area contributed by atoms with Gasteiger partial charge in [0.25, 0.3) is 0 Å². The summed E-state index contributed by atoms with van der Waals surface area (Å²) in [7, 11) is 1.62. The lowest BCUT2D eigenvalue weighted by Crippen LogP contribution is -2.53. The number of ether oxygens (including phenoxy) is 1. The smallest absolute Gasteiger partial charge is 0.224 e. The van der Waals surface area contributed by atoms with Crippen molar-refractivity contribution >= 4 is 5.91 Å². The number of nitrogens with one attached hydrogen (secondary N) is 2. The van der Waals surface area contributed by atoms with Crippen LogP contribution in [-0.4, -0.2) is 38.3 Å². The highest BCUT2D eigenvalue weighted by Crippen LogP contribution is 2.19. The van der Waals surface area contributed by atoms with Gasteiger partial charge >= 0.3 is 0 Å². The van der Waals surface area contributed by atoms with Gasteiger partial charge in [0.15, 0.2) is 11.6 Å². The van der Waals surface area contributed by atoms with Crippen LogP contribution < -0.4 is 10.6 Å². The molecule has 0 saturated carbocycles. The van der Waals surface area contributed by atoms with Gasteiger partial charge in [-0.05, 0) is 25.5 Å². The molecule has 6 heteroatoms. The van der Waals surface area contributed by atoms with E-state index in [4.69, 9.17) is 4.74 Å². The zero-order chi connectivity index (χ0) is 15.3. The quantitative estimate of drug-likeness (QED) is 0.834. The predicted octanol–water partition coefficient (Wildman–Crippen LogP) is 1.39. The van der Waals surface area contributed by atoms with Gasteiger partial charge < -0.3 is 15.4 Å². The molecule has 1 aliphatic heterocycles. The first-order valence-corrected chi connectivity index (χ1v) is 7.00. The standard InChI is InChI=1S/C15H20F2N2O2/c1-21-10-15(6-3-7-19-15)9-18-13(20)8-11-4-2-5-12(16)14(11)17/h2,4-5,19H,3,6-10H2,1H3,(H,18,20). The van der Waals surface area contributed by atoms with Crippen LogP contribution in [0.2, 0.25) is 0 Å². The van der Waals surface area contributed by atoms with Gasteiger partial charge in [0.05, 0.1) is 18.6 Å². The number of carbonyl (C=O) groups excluding carboxylic acids is 1. The second-order valence-electron chi connectivity index (χ2n) is 5.41. The highest BCUT2D eigenvalue weighted by molar-refractivity contribution is 5.78. The molecule has 0 radical (unpaired) electrons. The van der Waals surface area contributed by atoms with E-state index in [0.717, 1.165) is 25.5 Å². The third kappa shape index (κ3) is 3.98. The van der Waals surface area contributed by atoms with Gasteiger partial charge in [-0.2, -0.15) is 0 Å². The molecule has 4 nitrogen and oxygen atoms in total. The predicted molar refractivity (Wildman–Crippen MR) is 74.9 cm³/mol. The number of methoxy groups -OCH3 is 1. The second kappa shape index (κ2) is 6.95. The molecular formula is C15H20F2N2O2. The number of halogens is 2. The van der Waals surface area contributed by atoms with Crippen molar-refractivity contribution in [3.63, 3.8) is 0 Å². The van der Waals surface area contributed by atoms with Crippen molar-refractivity contribution in [2.24, 2.45) is 0 Å². The largest absolute Gasteiger partial charge is 0.383 e. The summed E-state index contributed by atoms with van der Waals surface area (Å²) in [5.41, 5.74) is -0.196. The molecule has 0 aromatic heterocycles. The van der Waals surface area contributed by atoms with Crippen LogP contribution in [0.15, 0.2) is 18.2 Å². The first-order chi connectivity index (χ1) is 10.1. The average Bonchev–Trinajstić information content (AvgIpc) is 2.91. The van der Waals surface area contributed by atoms with Gasteiger partial charge in [-0.1, -0.05) is 12.1 Å². The van der Waals surface area contributed by atoms with Crippen LogP contribution in [0.25, 0.3) is 0 Å². The Morgan fingerprint density at radius 1 is 1.48 bits per heavy atom. The second-order valence-corrected chi connectivity index (χ2v) is 5.41. The maximum Gasteiger partial charge on any atom is 0.224 e. The highest BCUT2D eigenvalue weighted by Gasteiger charge is 2.33. The van der Waals surface area contributed by atoms with E-state index >= 15 is 0 Å². The summed E-state index contributed by atoms with van der Waals surface area (Å²) in [4.78, 5) is 11.9. The lowest BCUT2D eigenvalue weighted by atomic mass is 9.98. The minimum Gasteiger partial charge on any atom is -0.383 e. The van der Waals surface area contributed by atoms with Gasteiger partial charge in [-0.25, -0.2) is 8.78 Å². The van der Waals surface area contributed by atoms with E-state index in [1.807, 2.05) is 0 Å². The third-order valence-electron chi connectivity index (χ3n) is 3.76. The molecule has 1 heterocycles. The number of carbonyl (C=O) groups is 1. The van der Waals surface area contributed by atoms with Crippen molar-refractivity contribution in [2.75, 3.05) is 26.8 Å². The van der Waals surface area contributed by atoms with Crippen LogP contribution >= 0.6 is 0 Å². The van der Waals surface area contributed by atoms with Gasteiger partial charge in [0.2, 0.25) is 5.91 Å². The fourth-order valence-corrected chi connectivity index (χ4v) is 2.66. The first-order valence-electron chi connectivity index (χ1n) is 7.00. The number of hydrogen-bond donors (Lipinski definition) is 2. The zero-order valence-corrected chi connectivity index (χ0v) is 12.0. The van der Waals surface area contributed by atoms with Gasteiger partial charge in [-0.15, -0.1) is 0 Å². The molecule has 0 bridgehead atoms. The van der Waals surface area contributed by atoms with E-state index < -0.39 is 11.6 Å². The van der Waals surface area contributed by atoms with Crippen LogP contribution in [0, 0.1) is 11.6 Å². The molecule has 1 amide bonds. The van der Waals surface area contributed by atoms with Crippen molar-refractivity contribution in [1.82, 2.24) is 10.6 Å². The lowest BCUT2D eigenvalue weighted by Gasteiger charge is -2.29. The van der Waals surface area contributed by atoms with E-state index in [1.165, 1.54) is 12.1 Å². The molecule has 1 aromatic rings. The summed E-state index contributed by atoms with van der Waals surface area (Å²) in [6.07, 6.45) is 1.76. The van der Waals surface area contributed by atoms with Gasteiger partial charge in [0.1, 0.15) is 0 Å². The molecule has 1 aliphatic rings. The Morgan fingerprint density at radius 2 is 2.29 bits per heavy atom. The Balaban J connectivity index is 1.91. The molecule has 116 valence electrons. The number of benzene rings is 1. The summed E-state index contributed by atoms with van der Waals surface area (Å²) in [6, 6.07) is 3.84. The van der Waals surface area contributed by atoms with E-state index in [2.05, 4.69) is 10.6 Å². The number of hydrogen-bond acceptors (Lipinski definition) is 3. The molecule has 2 rings (SSSR count). The summed E-state index contributed by atoms with van der Waals surface area (Å²) in [5.74, 6) is -2.23. The highest BCUT2D eigenvalue weighted by atomic mass is 19.2. The van der Waals surface area contributed by atoms with Crippen LogP contribution in [0.4, 0.5) is 8.78 Å². The molecular weight excluding hydrogens is 278 g/mol. The first kappa shape index (κ1) is 15.9. The van der Waals surface area contributed by atoms with E-state index in [0.29, 0.717) is 13.2 Å². The molecule has 0 spiro atoms. The average molecular weight is 298 g/mol. The number of amides is 1. The maximum absolute atomic E-state index is 13.5. The molecule has 21 heavy (non-hydrogen) atoms. The van der Waals surface area contributed by atoms with Crippen LogP contribution in [0.5, 0.6) is 0 Å². The lowest BCUT2D eigenvalue weighted by molar-refractivity contribution is -0.120. The van der Waals surface area contributed by atoms with Crippen molar-refractivity contribution in [3.8, 4) is 0 Å². The van der Waals surface area contributed by atoms with E-state index in [-0.39, 0.29) is 23.4 Å². The van der Waals surface area contributed by atoms with Crippen LogP contribution in [-0.2, 0) is 16.0 Å². The zero-order valence-electron chi connectivity index (χ0n) is 12.0. The van der Waals surface area contributed by atoms with Crippen molar-refractivity contribution in [1.29, 1.82) is 0 Å². The van der Waals surface area contributed by atoms with Gasteiger partial charge in [0, 0.05) is 19.2 Å². The summed E-state index contributed by atoms with van der Waals surface area (Å²) in [5, 5.41) is 6.11. The SMILES string of the molecule is COCC1(CNC(=O)Cc2cccc(F)c2F)CCCN1. The molecule has 0 aliphatic carbocycles. The Morgan fingerprint density at radius 3 is 2.95 bits per heavy atom. The molecule has 1 fully saturated rings. The normalized spacial score (nSPS) is 21.5. The van der Waals surface area contributed by atoms with E-state index in [1.54, 1.807) is 7.11 Å². The van der Waals surface area contributed by atoms with Crippen molar-refractivity contribution in [2.45, 2.75) is 24.8 Å². The fourth-order valence-electron chi connectivity index (χ4n) is 2.66. The summed E-state index contributed by atoms with van der Waals surface area (Å²) < 4.78 is 31.8. The molecule has 1 unspecified atom stereocenters. The van der Waals surface area contributed by atoms with Gasteiger partial charge in [-0.3, -0.25) is 4.79 Å². The Kier molecular flexibility index (Phi) is 5.25. The monoisotopic (exact) mass is 298 g/mol. The number of rotatable bonds is 6. The molecule has 1 saturated heterocycles. The fraction of sp³-hybridized carbons (Fsp3) is 0.533.